The number of rotatable bonds is 0. The van der Waals surface area contributed by atoms with Crippen molar-refractivity contribution in [2.24, 2.45) is 0 Å². The van der Waals surface area contributed by atoms with Gasteiger partial charge in [0.25, 0.3) is 0 Å². The second kappa shape index (κ2) is 13.8. The predicted molar refractivity (Wildman–Crippen MR) is 124 cm³/mol. The first-order chi connectivity index (χ1) is 14.7. The van der Waals surface area contributed by atoms with Gasteiger partial charge in [-0.3, -0.25) is 4.98 Å². The zero-order valence-corrected chi connectivity index (χ0v) is 20.6. The second-order valence-corrected chi connectivity index (χ2v) is 10.5. The molecular formula is C21H30Cl3MnN5-4. The summed E-state index contributed by atoms with van der Waals surface area (Å²) < 4.78 is 0. The van der Waals surface area contributed by atoms with E-state index in [-0.39, 0.29) is 13.1 Å². The molecule has 0 saturated heterocycles. The van der Waals surface area contributed by atoms with Crippen LogP contribution in [-0.2, 0) is 26.2 Å². The van der Waals surface area contributed by atoms with E-state index in [0.29, 0.717) is 37.3 Å². The third kappa shape index (κ3) is 8.06. The molecule has 2 fully saturated rings. The zero-order valence-electron chi connectivity index (χ0n) is 17.2. The van der Waals surface area contributed by atoms with Crippen molar-refractivity contribution in [1.29, 1.82) is 0 Å². The van der Waals surface area contributed by atoms with Crippen LogP contribution in [0.1, 0.15) is 62.8 Å². The van der Waals surface area contributed by atoms with Gasteiger partial charge in [-0.2, -0.15) is 37.3 Å². The molecule has 3 aliphatic rings. The molecular weight excluding hydrogens is 484 g/mol. The van der Waals surface area contributed by atoms with Crippen molar-refractivity contribution in [3.63, 3.8) is 0 Å². The van der Waals surface area contributed by atoms with E-state index in [9.17, 15) is 0 Å². The van der Waals surface area contributed by atoms with Gasteiger partial charge in [0.05, 0.1) is 0 Å². The molecule has 4 atom stereocenters. The van der Waals surface area contributed by atoms with E-state index in [2.05, 4.69) is 0 Å². The third-order valence-corrected chi connectivity index (χ3v) is 6.31. The van der Waals surface area contributed by atoms with Gasteiger partial charge >= 0.3 is 33.3 Å². The molecule has 1 aromatic rings. The van der Waals surface area contributed by atoms with Crippen molar-refractivity contribution < 1.29 is 13.1 Å². The van der Waals surface area contributed by atoms with E-state index < -0.39 is 0 Å². The topological polar surface area (TPSA) is 69.3 Å². The summed E-state index contributed by atoms with van der Waals surface area (Å²) in [6.45, 7) is 2.91. The number of aromatic nitrogens is 1. The SMILES string of the molecule is Clc1cc2nc(c1)C[N-][C@@H]1CCCC[C@H]1[N-]CC[N-]C1CCCCC1[N-]C2.[Cl][Mn][Cl]. The summed E-state index contributed by atoms with van der Waals surface area (Å²) in [7, 11) is 9.59. The molecule has 2 bridgehead atoms. The Kier molecular flexibility index (Phi) is 11.5. The van der Waals surface area contributed by atoms with Gasteiger partial charge in [0.2, 0.25) is 0 Å². The molecule has 5 nitrogen and oxygen atoms in total. The van der Waals surface area contributed by atoms with E-state index in [4.69, 9.17) is 58.0 Å². The molecule has 2 saturated carbocycles. The van der Waals surface area contributed by atoms with Crippen LogP contribution in [0.3, 0.4) is 0 Å². The monoisotopic (exact) mass is 512 g/mol. The van der Waals surface area contributed by atoms with Gasteiger partial charge in [0, 0.05) is 16.4 Å². The Morgan fingerprint density at radius 2 is 1.07 bits per heavy atom. The molecule has 0 N–H and O–H groups in total. The molecule has 2 heterocycles. The molecule has 0 aromatic carbocycles. The quantitative estimate of drug-likeness (QED) is 0.337. The second-order valence-electron chi connectivity index (χ2n) is 8.15. The van der Waals surface area contributed by atoms with Crippen LogP contribution in [0.5, 0.6) is 0 Å². The summed E-state index contributed by atoms with van der Waals surface area (Å²) in [6.07, 6.45) is 9.62. The zero-order chi connectivity index (χ0) is 21.2. The number of halogens is 3. The van der Waals surface area contributed by atoms with Gasteiger partial charge in [-0.15, -0.1) is 13.1 Å². The molecule has 0 radical (unpaired) electrons. The predicted octanol–water partition coefficient (Wildman–Crippen LogP) is 7.24. The van der Waals surface area contributed by atoms with Crippen LogP contribution < -0.4 is 0 Å². The average Bonchev–Trinajstić information content (AvgIpc) is 2.75. The first-order valence-electron chi connectivity index (χ1n) is 10.9. The summed E-state index contributed by atoms with van der Waals surface area (Å²) in [5.74, 6) is 0. The van der Waals surface area contributed by atoms with Crippen molar-refractivity contribution >= 4 is 31.8 Å². The first-order valence-corrected chi connectivity index (χ1v) is 14.5. The molecule has 1 aromatic heterocycles. The Morgan fingerprint density at radius 3 is 1.47 bits per heavy atom. The molecule has 1 aliphatic heterocycles. The van der Waals surface area contributed by atoms with Crippen molar-refractivity contribution in [3.8, 4) is 0 Å². The van der Waals surface area contributed by atoms with Crippen LogP contribution in [0.2, 0.25) is 5.02 Å². The minimum atomic E-state index is 0.00694. The van der Waals surface area contributed by atoms with Crippen molar-refractivity contribution in [1.82, 2.24) is 4.98 Å². The van der Waals surface area contributed by atoms with E-state index in [1.54, 1.807) is 0 Å². The molecule has 0 amide bonds. The molecule has 2 aliphatic carbocycles. The summed E-state index contributed by atoms with van der Waals surface area (Å²) in [6, 6.07) is 5.23. The summed E-state index contributed by atoms with van der Waals surface area (Å²) >= 11 is 6.36. The summed E-state index contributed by atoms with van der Waals surface area (Å²) in [4.78, 5) is 4.79. The normalized spacial score (nSPS) is 30.5. The molecule has 4 rings (SSSR count). The molecule has 9 heteroatoms. The van der Waals surface area contributed by atoms with Crippen molar-refractivity contribution in [2.45, 2.75) is 88.6 Å². The number of pyridine rings is 1. The van der Waals surface area contributed by atoms with Crippen LogP contribution >= 0.6 is 31.8 Å². The molecule has 30 heavy (non-hydrogen) atoms. The number of nitrogens with zero attached hydrogens (tertiary/aromatic N) is 5. The van der Waals surface area contributed by atoms with E-state index in [1.165, 1.54) is 25.7 Å². The van der Waals surface area contributed by atoms with Gasteiger partial charge in [0.1, 0.15) is 0 Å². The van der Waals surface area contributed by atoms with E-state index in [0.717, 1.165) is 55.2 Å². The van der Waals surface area contributed by atoms with E-state index >= 15 is 0 Å². The number of fused-ring (bicyclic) bond motifs is 4. The van der Waals surface area contributed by atoms with E-state index in [1.807, 2.05) is 12.1 Å². The van der Waals surface area contributed by atoms with Crippen LogP contribution in [0.15, 0.2) is 12.1 Å². The number of hydrogen-bond acceptors (Lipinski definition) is 1. The Balaban J connectivity index is 0.000000806. The van der Waals surface area contributed by atoms with Crippen LogP contribution in [-0.4, -0.2) is 42.2 Å². The first kappa shape index (κ1) is 25.0. The van der Waals surface area contributed by atoms with Crippen molar-refractivity contribution in [3.05, 3.63) is 49.8 Å². The van der Waals surface area contributed by atoms with Gasteiger partial charge in [-0.05, 0) is 12.1 Å². The fourth-order valence-electron chi connectivity index (χ4n) is 4.67. The van der Waals surface area contributed by atoms with Crippen LogP contribution in [0.25, 0.3) is 21.3 Å². The Labute approximate surface area is 200 Å². The maximum absolute atomic E-state index is 6.35. The molecule has 171 valence electrons. The van der Waals surface area contributed by atoms with Gasteiger partial charge in [0.15, 0.2) is 0 Å². The average molecular weight is 514 g/mol. The Bertz CT molecular complexity index is 590. The van der Waals surface area contributed by atoms with Crippen LogP contribution in [0, 0.1) is 0 Å². The van der Waals surface area contributed by atoms with Crippen LogP contribution in [0.4, 0.5) is 0 Å². The summed E-state index contributed by atoms with van der Waals surface area (Å²) in [5.41, 5.74) is 1.91. The fourth-order valence-corrected chi connectivity index (χ4v) is 4.93. The third-order valence-electron chi connectivity index (χ3n) is 6.09. The summed E-state index contributed by atoms with van der Waals surface area (Å²) in [5, 5.41) is 20.6. The Morgan fingerprint density at radius 1 is 0.700 bits per heavy atom. The van der Waals surface area contributed by atoms with Gasteiger partial charge in [-0.25, -0.2) is 0 Å². The molecule has 2 unspecified atom stereocenters. The fraction of sp³-hybridized carbons (Fsp3) is 0.762. The molecule has 0 spiro atoms. The van der Waals surface area contributed by atoms with Crippen molar-refractivity contribution in [2.75, 3.05) is 13.1 Å². The van der Waals surface area contributed by atoms with Gasteiger partial charge in [-0.1, -0.05) is 63.0 Å². The maximum atomic E-state index is 6.35. The Hall–Kier alpha value is 0.379. The van der Waals surface area contributed by atoms with Gasteiger partial charge < -0.3 is 21.3 Å². The standard InChI is InChI=1S/C21H30ClN5.2ClH.Mn/c22-15-11-16-13-25-20-7-3-1-5-18(20)23-9-10-24-19-6-2-4-8-21(19)26-14-17(12-15)27-16;;;/h11-12,18-21H,1-10,13-14H2;2*1H;/q-4;;;+2/p-2/t18-,19?,20-,21?;;;/m1.../s1. The minimum absolute atomic E-state index is 0.00694. The number of hydrogen-bond donors (Lipinski definition) is 0.